The molecule has 1 fully saturated rings. The number of amides is 1. The van der Waals surface area contributed by atoms with Gasteiger partial charge in [0.1, 0.15) is 12.4 Å². The van der Waals surface area contributed by atoms with E-state index in [2.05, 4.69) is 5.32 Å². The van der Waals surface area contributed by atoms with E-state index < -0.39 is 0 Å². The van der Waals surface area contributed by atoms with Crippen molar-refractivity contribution in [3.63, 3.8) is 0 Å². The highest BCUT2D eigenvalue weighted by Crippen LogP contribution is 2.23. The molecule has 1 aliphatic carbocycles. The Morgan fingerprint density at radius 3 is 2.48 bits per heavy atom. The van der Waals surface area contributed by atoms with Gasteiger partial charge in [0.2, 0.25) is 5.91 Å². The van der Waals surface area contributed by atoms with Gasteiger partial charge >= 0.3 is 0 Å². The smallest absolute Gasteiger partial charge is 0.223 e. The molecule has 2 unspecified atom stereocenters. The molecular formula is C21H26N2O2. The van der Waals surface area contributed by atoms with E-state index in [9.17, 15) is 4.79 Å². The molecule has 3 rings (SSSR count). The fraction of sp³-hybridized carbons (Fsp3) is 0.381. The number of para-hydroxylation sites is 1. The number of hydrogen-bond acceptors (Lipinski definition) is 3. The van der Waals surface area contributed by atoms with Crippen molar-refractivity contribution in [2.45, 2.75) is 44.9 Å². The Balaban J connectivity index is 1.45. The quantitative estimate of drug-likeness (QED) is 0.848. The minimum atomic E-state index is 0.0716. The zero-order valence-electron chi connectivity index (χ0n) is 14.5. The summed E-state index contributed by atoms with van der Waals surface area (Å²) in [6, 6.07) is 18.1. The molecule has 2 aromatic rings. The van der Waals surface area contributed by atoms with Gasteiger partial charge in [-0.1, -0.05) is 48.9 Å². The second kappa shape index (κ2) is 8.67. The highest BCUT2D eigenvalue weighted by Gasteiger charge is 2.24. The fourth-order valence-corrected chi connectivity index (χ4v) is 3.24. The van der Waals surface area contributed by atoms with Gasteiger partial charge in [-0.3, -0.25) is 4.79 Å². The van der Waals surface area contributed by atoms with E-state index >= 15 is 0 Å². The minimum Gasteiger partial charge on any atom is -0.489 e. The Labute approximate surface area is 149 Å². The first-order chi connectivity index (χ1) is 12.2. The van der Waals surface area contributed by atoms with Gasteiger partial charge in [-0.25, -0.2) is 0 Å². The topological polar surface area (TPSA) is 64.4 Å². The Morgan fingerprint density at radius 2 is 1.76 bits per heavy atom. The first-order valence-electron chi connectivity index (χ1n) is 8.99. The van der Waals surface area contributed by atoms with Crippen molar-refractivity contribution in [1.82, 2.24) is 5.32 Å². The summed E-state index contributed by atoms with van der Waals surface area (Å²) < 4.78 is 5.74. The van der Waals surface area contributed by atoms with E-state index in [-0.39, 0.29) is 17.9 Å². The third-order valence-corrected chi connectivity index (χ3v) is 4.72. The average Bonchev–Trinajstić information content (AvgIpc) is 2.66. The van der Waals surface area contributed by atoms with Crippen LogP contribution < -0.4 is 15.8 Å². The van der Waals surface area contributed by atoms with Crippen LogP contribution in [0.4, 0.5) is 0 Å². The fourth-order valence-electron chi connectivity index (χ4n) is 3.24. The molecule has 0 spiro atoms. The van der Waals surface area contributed by atoms with Gasteiger partial charge in [-0.15, -0.1) is 0 Å². The highest BCUT2D eigenvalue weighted by molar-refractivity contribution is 5.78. The Bertz CT molecular complexity index is 670. The molecule has 1 saturated carbocycles. The standard InChI is InChI=1S/C21H26N2O2/c22-19-6-4-5-18(13-19)21(24)23-14-16-9-11-17(12-10-16)15-25-20-7-2-1-3-8-20/h1-3,7-12,18-19H,4-6,13-15,22H2,(H,23,24). The lowest BCUT2D eigenvalue weighted by molar-refractivity contribution is -0.126. The first kappa shape index (κ1) is 17.5. The maximum atomic E-state index is 12.3. The summed E-state index contributed by atoms with van der Waals surface area (Å²) in [4.78, 5) is 12.3. The van der Waals surface area contributed by atoms with Crippen LogP contribution in [0, 0.1) is 5.92 Å². The van der Waals surface area contributed by atoms with Gasteiger partial charge in [-0.05, 0) is 42.5 Å². The lowest BCUT2D eigenvalue weighted by Gasteiger charge is -2.25. The van der Waals surface area contributed by atoms with Crippen molar-refractivity contribution >= 4 is 5.91 Å². The number of nitrogens with one attached hydrogen (secondary N) is 1. The van der Waals surface area contributed by atoms with Gasteiger partial charge < -0.3 is 15.8 Å². The predicted molar refractivity (Wildman–Crippen MR) is 99.0 cm³/mol. The summed E-state index contributed by atoms with van der Waals surface area (Å²) in [6.07, 6.45) is 3.85. The molecule has 132 valence electrons. The maximum absolute atomic E-state index is 12.3. The van der Waals surface area contributed by atoms with Crippen molar-refractivity contribution in [1.29, 1.82) is 0 Å². The Kier molecular flexibility index (Phi) is 6.07. The molecule has 0 heterocycles. The zero-order valence-corrected chi connectivity index (χ0v) is 14.5. The number of carbonyl (C=O) groups is 1. The van der Waals surface area contributed by atoms with Crippen LogP contribution in [-0.4, -0.2) is 11.9 Å². The summed E-state index contributed by atoms with van der Waals surface area (Å²) >= 11 is 0. The number of rotatable bonds is 6. The van der Waals surface area contributed by atoms with E-state index in [1.165, 1.54) is 0 Å². The molecule has 0 saturated heterocycles. The van der Waals surface area contributed by atoms with Crippen LogP contribution in [-0.2, 0) is 17.9 Å². The van der Waals surface area contributed by atoms with Crippen LogP contribution in [0.15, 0.2) is 54.6 Å². The molecular weight excluding hydrogens is 312 g/mol. The van der Waals surface area contributed by atoms with Crippen LogP contribution >= 0.6 is 0 Å². The summed E-state index contributed by atoms with van der Waals surface area (Å²) in [5, 5.41) is 3.04. The lowest BCUT2D eigenvalue weighted by atomic mass is 9.85. The number of carbonyl (C=O) groups excluding carboxylic acids is 1. The summed E-state index contributed by atoms with van der Waals surface area (Å²) in [7, 11) is 0. The van der Waals surface area contributed by atoms with Gasteiger partial charge in [0.05, 0.1) is 0 Å². The molecule has 0 aliphatic heterocycles. The summed E-state index contributed by atoms with van der Waals surface area (Å²) in [5.74, 6) is 1.07. The van der Waals surface area contributed by atoms with E-state index in [1.807, 2.05) is 54.6 Å². The first-order valence-corrected chi connectivity index (χ1v) is 8.99. The molecule has 2 aromatic carbocycles. The van der Waals surface area contributed by atoms with Crippen molar-refractivity contribution < 1.29 is 9.53 Å². The third kappa shape index (κ3) is 5.33. The highest BCUT2D eigenvalue weighted by atomic mass is 16.5. The number of hydrogen-bond donors (Lipinski definition) is 2. The summed E-state index contributed by atoms with van der Waals surface area (Å²) in [5.41, 5.74) is 8.17. The minimum absolute atomic E-state index is 0.0716. The molecule has 4 nitrogen and oxygen atoms in total. The van der Waals surface area contributed by atoms with Crippen LogP contribution in [0.1, 0.15) is 36.8 Å². The second-order valence-electron chi connectivity index (χ2n) is 6.76. The molecule has 0 radical (unpaired) electrons. The molecule has 1 aliphatic rings. The molecule has 0 aromatic heterocycles. The van der Waals surface area contributed by atoms with Crippen LogP contribution in [0.3, 0.4) is 0 Å². The van der Waals surface area contributed by atoms with Crippen molar-refractivity contribution in [3.8, 4) is 5.75 Å². The van der Waals surface area contributed by atoms with Crippen LogP contribution in [0.25, 0.3) is 0 Å². The average molecular weight is 338 g/mol. The van der Waals surface area contributed by atoms with E-state index in [1.54, 1.807) is 0 Å². The Morgan fingerprint density at radius 1 is 1.04 bits per heavy atom. The molecule has 3 N–H and O–H groups in total. The van der Waals surface area contributed by atoms with Gasteiger partial charge in [-0.2, -0.15) is 0 Å². The predicted octanol–water partition coefficient (Wildman–Crippen LogP) is 3.40. The van der Waals surface area contributed by atoms with Gasteiger partial charge in [0, 0.05) is 18.5 Å². The Hall–Kier alpha value is -2.33. The van der Waals surface area contributed by atoms with Crippen LogP contribution in [0.5, 0.6) is 5.75 Å². The molecule has 2 atom stereocenters. The van der Waals surface area contributed by atoms with Gasteiger partial charge in [0.15, 0.2) is 0 Å². The summed E-state index contributed by atoms with van der Waals surface area (Å²) in [6.45, 7) is 1.10. The largest absolute Gasteiger partial charge is 0.489 e. The molecule has 4 heteroatoms. The number of benzene rings is 2. The van der Waals surface area contributed by atoms with Crippen molar-refractivity contribution in [2.24, 2.45) is 11.7 Å². The van der Waals surface area contributed by atoms with E-state index in [0.29, 0.717) is 13.2 Å². The zero-order chi connectivity index (χ0) is 17.5. The second-order valence-corrected chi connectivity index (χ2v) is 6.76. The number of ether oxygens (including phenoxy) is 1. The van der Waals surface area contributed by atoms with Gasteiger partial charge in [0.25, 0.3) is 0 Å². The van der Waals surface area contributed by atoms with E-state index in [0.717, 1.165) is 42.6 Å². The van der Waals surface area contributed by atoms with Crippen LogP contribution in [0.2, 0.25) is 0 Å². The lowest BCUT2D eigenvalue weighted by Crippen LogP contribution is -2.37. The van der Waals surface area contributed by atoms with Crippen molar-refractivity contribution in [2.75, 3.05) is 0 Å². The molecule has 25 heavy (non-hydrogen) atoms. The normalized spacial score (nSPS) is 20.0. The SMILES string of the molecule is NC1CCCC(C(=O)NCc2ccc(COc3ccccc3)cc2)C1. The number of nitrogens with two attached hydrogens (primary N) is 1. The van der Waals surface area contributed by atoms with Crippen molar-refractivity contribution in [3.05, 3.63) is 65.7 Å². The van der Waals surface area contributed by atoms with E-state index in [4.69, 9.17) is 10.5 Å². The third-order valence-electron chi connectivity index (χ3n) is 4.72. The molecule has 1 amide bonds. The molecule has 0 bridgehead atoms. The monoisotopic (exact) mass is 338 g/mol. The maximum Gasteiger partial charge on any atom is 0.223 e.